The summed E-state index contributed by atoms with van der Waals surface area (Å²) in [4.78, 5) is 4.30. The van der Waals surface area contributed by atoms with Crippen molar-refractivity contribution in [2.24, 2.45) is 0 Å². The van der Waals surface area contributed by atoms with Gasteiger partial charge in [-0.15, -0.1) is 11.3 Å². The lowest BCUT2D eigenvalue weighted by Gasteiger charge is -2.02. The average Bonchev–Trinajstić information content (AvgIpc) is 2.72. The van der Waals surface area contributed by atoms with Crippen molar-refractivity contribution >= 4 is 33.2 Å². The number of fused-ring (bicyclic) bond motifs is 1. The second kappa shape index (κ2) is 4.47. The number of aromatic nitrogens is 1. The largest absolute Gasteiger partial charge is 0.225 e. The maximum atomic E-state index is 5.97. The van der Waals surface area contributed by atoms with Gasteiger partial charge in [-0.2, -0.15) is 0 Å². The lowest BCUT2D eigenvalue weighted by atomic mass is 10.0. The Balaban J connectivity index is 2.06. The predicted octanol–water partition coefficient (Wildman–Crippen LogP) is 4.54. The monoisotopic (exact) mass is 259 g/mol. The van der Waals surface area contributed by atoms with Crippen LogP contribution >= 0.6 is 22.9 Å². The van der Waals surface area contributed by atoms with E-state index in [9.17, 15) is 0 Å². The van der Waals surface area contributed by atoms with Crippen molar-refractivity contribution in [3.63, 3.8) is 0 Å². The normalized spacial score (nSPS) is 10.9. The molecule has 17 heavy (non-hydrogen) atoms. The highest BCUT2D eigenvalue weighted by atomic mass is 35.5. The van der Waals surface area contributed by atoms with E-state index in [0.717, 1.165) is 11.9 Å². The first-order valence-electron chi connectivity index (χ1n) is 5.41. The summed E-state index contributed by atoms with van der Waals surface area (Å²) in [5.74, 6) is 0. The Labute approximate surface area is 109 Å². The minimum absolute atomic E-state index is 0.612. The Morgan fingerprint density at radius 1 is 1.00 bits per heavy atom. The molecule has 1 aromatic heterocycles. The molecule has 3 rings (SSSR count). The van der Waals surface area contributed by atoms with Crippen LogP contribution in [0.4, 0.5) is 0 Å². The second-order valence-corrected chi connectivity index (χ2v) is 5.48. The van der Waals surface area contributed by atoms with E-state index in [1.54, 1.807) is 11.3 Å². The molecule has 84 valence electrons. The van der Waals surface area contributed by atoms with Crippen LogP contribution in [0.1, 0.15) is 11.1 Å². The molecule has 2 aromatic carbocycles. The molecule has 3 heteroatoms. The van der Waals surface area contributed by atoms with Gasteiger partial charge in [0.2, 0.25) is 0 Å². The Hall–Kier alpha value is -1.38. The molecule has 3 aromatic rings. The van der Waals surface area contributed by atoms with Crippen molar-refractivity contribution in [1.82, 2.24) is 4.98 Å². The molecule has 0 atom stereocenters. The van der Waals surface area contributed by atoms with Gasteiger partial charge in [-0.25, -0.2) is 4.98 Å². The van der Waals surface area contributed by atoms with Crippen LogP contribution in [0.5, 0.6) is 0 Å². The SMILES string of the molecule is Clc1nc2cccc(Cc3ccccc3)c2s1. The summed E-state index contributed by atoms with van der Waals surface area (Å²) >= 11 is 7.52. The van der Waals surface area contributed by atoms with Crippen molar-refractivity contribution in [2.75, 3.05) is 0 Å². The van der Waals surface area contributed by atoms with Gasteiger partial charge in [-0.3, -0.25) is 0 Å². The number of hydrogen-bond acceptors (Lipinski definition) is 2. The summed E-state index contributed by atoms with van der Waals surface area (Å²) in [7, 11) is 0. The van der Waals surface area contributed by atoms with E-state index in [2.05, 4.69) is 35.3 Å². The van der Waals surface area contributed by atoms with Crippen molar-refractivity contribution in [3.8, 4) is 0 Å². The van der Waals surface area contributed by atoms with Gasteiger partial charge in [0, 0.05) is 0 Å². The van der Waals surface area contributed by atoms with E-state index >= 15 is 0 Å². The first-order valence-corrected chi connectivity index (χ1v) is 6.60. The third kappa shape index (κ3) is 2.19. The molecule has 0 fully saturated rings. The fourth-order valence-corrected chi connectivity index (χ4v) is 3.06. The molecule has 0 saturated heterocycles. The van der Waals surface area contributed by atoms with Crippen LogP contribution in [0.2, 0.25) is 4.47 Å². The fraction of sp³-hybridized carbons (Fsp3) is 0.0714. The van der Waals surface area contributed by atoms with E-state index in [0.29, 0.717) is 4.47 Å². The van der Waals surface area contributed by atoms with Crippen molar-refractivity contribution < 1.29 is 0 Å². The summed E-state index contributed by atoms with van der Waals surface area (Å²) < 4.78 is 1.81. The van der Waals surface area contributed by atoms with Gasteiger partial charge in [0.25, 0.3) is 0 Å². The maximum Gasteiger partial charge on any atom is 0.184 e. The van der Waals surface area contributed by atoms with Gasteiger partial charge in [0.1, 0.15) is 0 Å². The molecule has 0 bridgehead atoms. The van der Waals surface area contributed by atoms with Crippen molar-refractivity contribution in [1.29, 1.82) is 0 Å². The molecule has 0 unspecified atom stereocenters. The number of hydrogen-bond donors (Lipinski definition) is 0. The molecule has 0 aliphatic heterocycles. The molecule has 0 amide bonds. The molecule has 0 saturated carbocycles. The van der Waals surface area contributed by atoms with Crippen LogP contribution in [0.3, 0.4) is 0 Å². The van der Waals surface area contributed by atoms with E-state index in [1.807, 2.05) is 18.2 Å². The van der Waals surface area contributed by atoms with E-state index < -0.39 is 0 Å². The first kappa shape index (κ1) is 10.8. The molecule has 0 aliphatic rings. The van der Waals surface area contributed by atoms with Crippen LogP contribution in [0.25, 0.3) is 10.2 Å². The van der Waals surface area contributed by atoms with Crippen LogP contribution in [0, 0.1) is 0 Å². The minimum atomic E-state index is 0.612. The average molecular weight is 260 g/mol. The first-order chi connectivity index (χ1) is 8.33. The van der Waals surface area contributed by atoms with Crippen LogP contribution in [0.15, 0.2) is 48.5 Å². The summed E-state index contributed by atoms with van der Waals surface area (Å²) in [5.41, 5.74) is 3.59. The zero-order chi connectivity index (χ0) is 11.7. The highest BCUT2D eigenvalue weighted by Gasteiger charge is 2.06. The topological polar surface area (TPSA) is 12.9 Å². The molecule has 0 aliphatic carbocycles. The number of nitrogens with zero attached hydrogens (tertiary/aromatic N) is 1. The maximum absolute atomic E-state index is 5.97. The van der Waals surface area contributed by atoms with Crippen molar-refractivity contribution in [2.45, 2.75) is 6.42 Å². The third-order valence-electron chi connectivity index (χ3n) is 2.71. The van der Waals surface area contributed by atoms with Crippen LogP contribution < -0.4 is 0 Å². The molecule has 0 radical (unpaired) electrons. The number of halogens is 1. The van der Waals surface area contributed by atoms with E-state index in [-0.39, 0.29) is 0 Å². The van der Waals surface area contributed by atoms with Gasteiger partial charge in [0.15, 0.2) is 4.47 Å². The Morgan fingerprint density at radius 3 is 2.65 bits per heavy atom. The second-order valence-electron chi connectivity index (χ2n) is 3.89. The van der Waals surface area contributed by atoms with Gasteiger partial charge in [-0.05, 0) is 23.6 Å². The summed E-state index contributed by atoms with van der Waals surface area (Å²) in [6.45, 7) is 0. The fourth-order valence-electron chi connectivity index (χ4n) is 1.93. The molecular weight excluding hydrogens is 250 g/mol. The highest BCUT2D eigenvalue weighted by Crippen LogP contribution is 2.29. The van der Waals surface area contributed by atoms with E-state index in [4.69, 9.17) is 11.6 Å². The van der Waals surface area contributed by atoms with Gasteiger partial charge in [-0.1, -0.05) is 54.1 Å². The van der Waals surface area contributed by atoms with Gasteiger partial charge < -0.3 is 0 Å². The summed E-state index contributed by atoms with van der Waals surface area (Å²) in [5, 5.41) is 0. The molecule has 0 N–H and O–H groups in total. The van der Waals surface area contributed by atoms with Crippen LogP contribution in [-0.2, 0) is 6.42 Å². The Bertz CT molecular complexity index is 646. The highest BCUT2D eigenvalue weighted by molar-refractivity contribution is 7.22. The van der Waals surface area contributed by atoms with Gasteiger partial charge in [0.05, 0.1) is 10.2 Å². The number of rotatable bonds is 2. The van der Waals surface area contributed by atoms with Gasteiger partial charge >= 0.3 is 0 Å². The standard InChI is InChI=1S/C14H10ClNS/c15-14-16-12-8-4-7-11(13(12)17-14)9-10-5-2-1-3-6-10/h1-8H,9H2. The summed E-state index contributed by atoms with van der Waals surface area (Å²) in [6, 6.07) is 16.6. The molecule has 0 spiro atoms. The quantitative estimate of drug-likeness (QED) is 0.658. The predicted molar refractivity (Wildman–Crippen MR) is 73.9 cm³/mol. The molecular formula is C14H10ClNS. The smallest absolute Gasteiger partial charge is 0.184 e. The van der Waals surface area contributed by atoms with Crippen molar-refractivity contribution in [3.05, 3.63) is 64.1 Å². The third-order valence-corrected chi connectivity index (χ3v) is 3.96. The Morgan fingerprint density at radius 2 is 1.82 bits per heavy atom. The minimum Gasteiger partial charge on any atom is -0.225 e. The Kier molecular flexibility index (Phi) is 2.83. The number of benzene rings is 2. The number of thiazole rings is 1. The molecule has 1 heterocycles. The van der Waals surface area contributed by atoms with E-state index in [1.165, 1.54) is 15.8 Å². The lowest BCUT2D eigenvalue weighted by Crippen LogP contribution is -1.87. The molecule has 1 nitrogen and oxygen atoms in total. The van der Waals surface area contributed by atoms with Crippen LogP contribution in [-0.4, -0.2) is 4.98 Å². The lowest BCUT2D eigenvalue weighted by molar-refractivity contribution is 1.22. The zero-order valence-electron chi connectivity index (χ0n) is 9.06. The summed E-state index contributed by atoms with van der Waals surface area (Å²) in [6.07, 6.45) is 0.927. The zero-order valence-corrected chi connectivity index (χ0v) is 10.6.